The minimum absolute atomic E-state index is 0.200. The summed E-state index contributed by atoms with van der Waals surface area (Å²) in [6, 6.07) is 1.04. The van der Waals surface area contributed by atoms with E-state index in [0.29, 0.717) is 0 Å². The van der Waals surface area contributed by atoms with Gasteiger partial charge in [0.05, 0.1) is 0 Å². The summed E-state index contributed by atoms with van der Waals surface area (Å²) in [6.45, 7) is 1.25. The van der Waals surface area contributed by atoms with Gasteiger partial charge in [-0.05, 0) is 6.92 Å². The van der Waals surface area contributed by atoms with Crippen molar-refractivity contribution in [3.8, 4) is 17.5 Å². The summed E-state index contributed by atoms with van der Waals surface area (Å²) < 4.78 is 4.58. The Morgan fingerprint density at radius 1 is 1.50 bits per heavy atom. The van der Waals surface area contributed by atoms with Crippen LogP contribution in [0, 0.1) is 0 Å². The third kappa shape index (κ3) is 2.51. The fraction of sp³-hybridized carbons (Fsp3) is 0.250. The lowest BCUT2D eigenvalue weighted by molar-refractivity contribution is -0.137. The maximum atomic E-state index is 10.9. The van der Waals surface area contributed by atoms with Crippen molar-refractivity contribution in [2.45, 2.75) is 13.3 Å². The normalized spacial score (nSPS) is 9.79. The minimum Gasteiger partial charge on any atom is -0.494 e. The molecule has 6 nitrogen and oxygen atoms in total. The fourth-order valence-electron chi connectivity index (χ4n) is 0.851. The van der Waals surface area contributed by atoms with Crippen LogP contribution in [0.3, 0.4) is 0 Å². The van der Waals surface area contributed by atoms with Crippen LogP contribution >= 0.6 is 0 Å². The Bertz CT molecular complexity index is 368. The SMILES string of the molecule is CC(=O)CC(=O)Oc1cc(O)[nH]c1O. The number of esters is 1. The van der Waals surface area contributed by atoms with E-state index in [9.17, 15) is 9.59 Å². The molecule has 1 rings (SSSR count). The minimum atomic E-state index is -0.785. The van der Waals surface area contributed by atoms with Crippen LogP contribution < -0.4 is 4.74 Å². The first-order valence-corrected chi connectivity index (χ1v) is 3.80. The van der Waals surface area contributed by atoms with E-state index < -0.39 is 11.8 Å². The van der Waals surface area contributed by atoms with Gasteiger partial charge in [-0.1, -0.05) is 0 Å². The molecule has 0 saturated carbocycles. The average Bonchev–Trinajstić information content (AvgIpc) is 2.28. The highest BCUT2D eigenvalue weighted by Crippen LogP contribution is 2.29. The van der Waals surface area contributed by atoms with Crippen LogP contribution in [0.4, 0.5) is 0 Å². The number of carbonyl (C=O) groups excluding carboxylic acids is 2. The van der Waals surface area contributed by atoms with Gasteiger partial charge in [-0.3, -0.25) is 14.6 Å². The van der Waals surface area contributed by atoms with E-state index >= 15 is 0 Å². The second-order valence-electron chi connectivity index (χ2n) is 2.72. The van der Waals surface area contributed by atoms with Crippen LogP contribution in [0.5, 0.6) is 17.5 Å². The molecule has 0 amide bonds. The zero-order valence-electron chi connectivity index (χ0n) is 7.40. The van der Waals surface area contributed by atoms with Crippen molar-refractivity contribution < 1.29 is 24.5 Å². The maximum absolute atomic E-state index is 10.9. The van der Waals surface area contributed by atoms with Gasteiger partial charge >= 0.3 is 5.97 Å². The van der Waals surface area contributed by atoms with Gasteiger partial charge in [0.25, 0.3) is 0 Å². The number of hydrogen-bond acceptors (Lipinski definition) is 5. The molecule has 0 fully saturated rings. The Hall–Kier alpha value is -1.98. The first-order valence-electron chi connectivity index (χ1n) is 3.80. The first-order chi connectivity index (χ1) is 6.49. The van der Waals surface area contributed by atoms with Crippen molar-refractivity contribution >= 4 is 11.8 Å². The maximum Gasteiger partial charge on any atom is 0.318 e. The van der Waals surface area contributed by atoms with E-state index in [-0.39, 0.29) is 23.8 Å². The van der Waals surface area contributed by atoms with Gasteiger partial charge in [0.15, 0.2) is 11.6 Å². The molecule has 6 heteroatoms. The van der Waals surface area contributed by atoms with Crippen molar-refractivity contribution in [3.63, 3.8) is 0 Å². The number of ketones is 1. The van der Waals surface area contributed by atoms with Gasteiger partial charge in [-0.2, -0.15) is 0 Å². The van der Waals surface area contributed by atoms with Gasteiger partial charge in [0, 0.05) is 6.07 Å². The fourth-order valence-corrected chi connectivity index (χ4v) is 0.851. The molecule has 14 heavy (non-hydrogen) atoms. The van der Waals surface area contributed by atoms with Crippen molar-refractivity contribution in [1.29, 1.82) is 0 Å². The van der Waals surface area contributed by atoms with Gasteiger partial charge in [-0.25, -0.2) is 0 Å². The van der Waals surface area contributed by atoms with E-state index in [1.807, 2.05) is 0 Å². The van der Waals surface area contributed by atoms with E-state index in [2.05, 4.69) is 9.72 Å². The first kappa shape index (κ1) is 10.1. The molecule has 1 aromatic rings. The lowest BCUT2D eigenvalue weighted by Gasteiger charge is -1.99. The second kappa shape index (κ2) is 3.82. The number of nitrogens with one attached hydrogen (secondary N) is 1. The number of H-pyrrole nitrogens is 1. The Morgan fingerprint density at radius 3 is 2.57 bits per heavy atom. The molecule has 0 unspecified atom stereocenters. The molecule has 3 N–H and O–H groups in total. The molecule has 1 aromatic heterocycles. The van der Waals surface area contributed by atoms with Crippen LogP contribution in [0.2, 0.25) is 0 Å². The van der Waals surface area contributed by atoms with E-state index in [4.69, 9.17) is 10.2 Å². The summed E-state index contributed by atoms with van der Waals surface area (Å²) in [6.07, 6.45) is -0.370. The summed E-state index contributed by atoms with van der Waals surface area (Å²) in [5.74, 6) is -2.11. The zero-order chi connectivity index (χ0) is 10.7. The highest BCUT2D eigenvalue weighted by molar-refractivity contribution is 5.95. The number of Topliss-reactive ketones (excluding diaryl/α,β-unsaturated/α-hetero) is 1. The van der Waals surface area contributed by atoms with Gasteiger partial charge in [-0.15, -0.1) is 0 Å². The molecule has 76 valence electrons. The van der Waals surface area contributed by atoms with E-state index in [1.165, 1.54) is 6.92 Å². The van der Waals surface area contributed by atoms with Crippen molar-refractivity contribution in [1.82, 2.24) is 4.98 Å². The van der Waals surface area contributed by atoms with Crippen LogP contribution in [-0.2, 0) is 9.59 Å². The summed E-state index contributed by atoms with van der Waals surface area (Å²) in [5, 5.41) is 17.9. The van der Waals surface area contributed by atoms with Gasteiger partial charge in [0.2, 0.25) is 5.88 Å². The smallest absolute Gasteiger partial charge is 0.318 e. The number of aromatic nitrogens is 1. The lowest BCUT2D eigenvalue weighted by atomic mass is 10.3. The van der Waals surface area contributed by atoms with E-state index in [0.717, 1.165) is 6.07 Å². The Labute approximate surface area is 79.1 Å². The lowest BCUT2D eigenvalue weighted by Crippen LogP contribution is -2.11. The number of hydrogen-bond donors (Lipinski definition) is 3. The molecule has 0 spiro atoms. The summed E-state index contributed by atoms with van der Waals surface area (Å²) in [5.41, 5.74) is 0. The van der Waals surface area contributed by atoms with Gasteiger partial charge in [0.1, 0.15) is 12.2 Å². The molecular weight excluding hydrogens is 190 g/mol. The summed E-state index contributed by atoms with van der Waals surface area (Å²) in [4.78, 5) is 23.6. The van der Waals surface area contributed by atoms with Crippen molar-refractivity contribution in [3.05, 3.63) is 6.07 Å². The zero-order valence-corrected chi connectivity index (χ0v) is 7.40. The van der Waals surface area contributed by atoms with Crippen molar-refractivity contribution in [2.75, 3.05) is 0 Å². The molecule has 0 aromatic carbocycles. The molecular formula is C8H9NO5. The number of ether oxygens (including phenoxy) is 1. The van der Waals surface area contributed by atoms with Crippen LogP contribution in [0.25, 0.3) is 0 Å². The topological polar surface area (TPSA) is 99.6 Å². The summed E-state index contributed by atoms with van der Waals surface area (Å²) in [7, 11) is 0. The predicted octanol–water partition coefficient (Wildman–Crippen LogP) is 0.310. The summed E-state index contributed by atoms with van der Waals surface area (Å²) >= 11 is 0. The monoisotopic (exact) mass is 199 g/mol. The number of rotatable bonds is 3. The third-order valence-corrected chi connectivity index (χ3v) is 1.36. The number of carbonyl (C=O) groups is 2. The molecule has 0 aliphatic rings. The van der Waals surface area contributed by atoms with Crippen LogP contribution in [-0.4, -0.2) is 26.9 Å². The Kier molecular flexibility index (Phi) is 2.76. The molecule has 0 radical (unpaired) electrons. The second-order valence-corrected chi connectivity index (χ2v) is 2.72. The quantitative estimate of drug-likeness (QED) is 0.480. The number of aromatic hydroxyl groups is 2. The third-order valence-electron chi connectivity index (χ3n) is 1.36. The Morgan fingerprint density at radius 2 is 2.14 bits per heavy atom. The molecule has 0 aliphatic carbocycles. The molecule has 1 heterocycles. The predicted molar refractivity (Wildman–Crippen MR) is 45.1 cm³/mol. The Balaban J connectivity index is 2.64. The molecule has 0 atom stereocenters. The highest BCUT2D eigenvalue weighted by Gasteiger charge is 2.13. The number of aromatic amines is 1. The standard InChI is InChI=1S/C8H9NO5/c1-4(10)2-7(12)14-5-3-6(11)9-8(5)13/h3,9,11,13H,2H2,1H3. The van der Waals surface area contributed by atoms with E-state index in [1.54, 1.807) is 0 Å². The molecule has 0 aliphatic heterocycles. The highest BCUT2D eigenvalue weighted by atomic mass is 16.5. The van der Waals surface area contributed by atoms with Crippen LogP contribution in [0.1, 0.15) is 13.3 Å². The van der Waals surface area contributed by atoms with Crippen LogP contribution in [0.15, 0.2) is 6.07 Å². The van der Waals surface area contributed by atoms with Gasteiger partial charge < -0.3 is 14.9 Å². The largest absolute Gasteiger partial charge is 0.494 e. The average molecular weight is 199 g/mol. The molecule has 0 bridgehead atoms. The van der Waals surface area contributed by atoms with Crippen molar-refractivity contribution in [2.24, 2.45) is 0 Å². The molecule has 0 saturated heterocycles.